The number of nitrogens with zero attached hydrogens (tertiary/aromatic N) is 3. The third kappa shape index (κ3) is 4.85. The molecule has 0 amide bonds. The lowest BCUT2D eigenvalue weighted by Crippen LogP contribution is -2.22. The molecule has 6 nitrogen and oxygen atoms in total. The molecule has 0 aromatic carbocycles. The molecule has 1 rings (SSSR count). The van der Waals surface area contributed by atoms with Gasteiger partial charge in [0.15, 0.2) is 5.82 Å². The highest BCUT2D eigenvalue weighted by Crippen LogP contribution is 2.13. The molecular formula is C12H22N4O2. The van der Waals surface area contributed by atoms with Crippen molar-refractivity contribution in [3.8, 4) is 0 Å². The molecule has 18 heavy (non-hydrogen) atoms. The molecule has 102 valence electrons. The quantitative estimate of drug-likeness (QED) is 0.699. The Morgan fingerprint density at radius 2 is 2.17 bits per heavy atom. The number of hydrogen-bond acceptors (Lipinski definition) is 6. The molecule has 0 atom stereocenters. The molecule has 0 aliphatic rings. The summed E-state index contributed by atoms with van der Waals surface area (Å²) in [6, 6.07) is 1.77. The third-order valence-corrected chi connectivity index (χ3v) is 2.45. The predicted molar refractivity (Wildman–Crippen MR) is 71.5 cm³/mol. The standard InChI is InChI=1S/C12H22N4O2/c1-4-18-9-11-14-10(13)8-12(15-11)16(2)6-5-7-17-3/h8H,4-7,9H2,1-3H3,(H2,13,14,15). The van der Waals surface area contributed by atoms with E-state index in [-0.39, 0.29) is 0 Å². The number of methoxy groups -OCH3 is 1. The number of anilines is 2. The molecular weight excluding hydrogens is 232 g/mol. The molecule has 0 fully saturated rings. The van der Waals surface area contributed by atoms with Crippen LogP contribution in [0.4, 0.5) is 11.6 Å². The van der Waals surface area contributed by atoms with Crippen molar-refractivity contribution in [1.82, 2.24) is 9.97 Å². The second-order valence-corrected chi connectivity index (χ2v) is 3.97. The van der Waals surface area contributed by atoms with Crippen molar-refractivity contribution in [3.05, 3.63) is 11.9 Å². The SMILES string of the molecule is CCOCc1nc(N)cc(N(C)CCCOC)n1. The summed E-state index contributed by atoms with van der Waals surface area (Å²) in [6.07, 6.45) is 0.942. The fourth-order valence-corrected chi connectivity index (χ4v) is 1.52. The fourth-order valence-electron chi connectivity index (χ4n) is 1.52. The van der Waals surface area contributed by atoms with Crippen molar-refractivity contribution in [2.45, 2.75) is 20.0 Å². The molecule has 0 aliphatic heterocycles. The van der Waals surface area contributed by atoms with E-state index in [0.717, 1.165) is 25.4 Å². The third-order valence-electron chi connectivity index (χ3n) is 2.45. The Kier molecular flexibility index (Phi) is 6.38. The first-order valence-electron chi connectivity index (χ1n) is 6.08. The van der Waals surface area contributed by atoms with Gasteiger partial charge in [-0.3, -0.25) is 0 Å². The van der Waals surface area contributed by atoms with Gasteiger partial charge in [0, 0.05) is 40.0 Å². The van der Waals surface area contributed by atoms with Crippen LogP contribution in [0.25, 0.3) is 0 Å². The van der Waals surface area contributed by atoms with Crippen molar-refractivity contribution in [1.29, 1.82) is 0 Å². The zero-order valence-electron chi connectivity index (χ0n) is 11.3. The number of nitrogens with two attached hydrogens (primary N) is 1. The highest BCUT2D eigenvalue weighted by Gasteiger charge is 2.07. The summed E-state index contributed by atoms with van der Waals surface area (Å²) < 4.78 is 10.3. The summed E-state index contributed by atoms with van der Waals surface area (Å²) in [7, 11) is 3.67. The van der Waals surface area contributed by atoms with Gasteiger partial charge < -0.3 is 20.1 Å². The molecule has 6 heteroatoms. The summed E-state index contributed by atoms with van der Waals surface area (Å²) in [6.45, 7) is 4.55. The second-order valence-electron chi connectivity index (χ2n) is 3.97. The Morgan fingerprint density at radius 3 is 2.83 bits per heavy atom. The van der Waals surface area contributed by atoms with E-state index in [4.69, 9.17) is 15.2 Å². The zero-order valence-corrected chi connectivity index (χ0v) is 11.3. The summed E-state index contributed by atoms with van der Waals surface area (Å²) >= 11 is 0. The highest BCUT2D eigenvalue weighted by atomic mass is 16.5. The molecule has 0 unspecified atom stereocenters. The van der Waals surface area contributed by atoms with Gasteiger partial charge in [0.2, 0.25) is 0 Å². The summed E-state index contributed by atoms with van der Waals surface area (Å²) in [5, 5.41) is 0. The lowest BCUT2D eigenvalue weighted by atomic mass is 10.4. The van der Waals surface area contributed by atoms with Gasteiger partial charge in [-0.15, -0.1) is 0 Å². The van der Waals surface area contributed by atoms with Crippen molar-refractivity contribution in [3.63, 3.8) is 0 Å². The average molecular weight is 254 g/mol. The van der Waals surface area contributed by atoms with Crippen molar-refractivity contribution in [2.75, 3.05) is 44.5 Å². The van der Waals surface area contributed by atoms with Gasteiger partial charge in [-0.1, -0.05) is 0 Å². The molecule has 0 aliphatic carbocycles. The van der Waals surface area contributed by atoms with Gasteiger partial charge >= 0.3 is 0 Å². The van der Waals surface area contributed by atoms with E-state index in [1.54, 1.807) is 13.2 Å². The smallest absolute Gasteiger partial charge is 0.158 e. The van der Waals surface area contributed by atoms with Crippen LogP contribution in [0.2, 0.25) is 0 Å². The van der Waals surface area contributed by atoms with Gasteiger partial charge in [-0.2, -0.15) is 0 Å². The lowest BCUT2D eigenvalue weighted by Gasteiger charge is -2.18. The molecule has 0 bridgehead atoms. The van der Waals surface area contributed by atoms with Gasteiger partial charge in [0.05, 0.1) is 0 Å². The van der Waals surface area contributed by atoms with E-state index in [0.29, 0.717) is 24.9 Å². The molecule has 1 heterocycles. The monoisotopic (exact) mass is 254 g/mol. The van der Waals surface area contributed by atoms with Crippen LogP contribution in [-0.2, 0) is 16.1 Å². The highest BCUT2D eigenvalue weighted by molar-refractivity contribution is 5.46. The number of ether oxygens (including phenoxy) is 2. The molecule has 0 spiro atoms. The largest absolute Gasteiger partial charge is 0.385 e. The van der Waals surface area contributed by atoms with E-state index in [1.807, 2.05) is 18.9 Å². The normalized spacial score (nSPS) is 10.6. The van der Waals surface area contributed by atoms with E-state index in [2.05, 4.69) is 9.97 Å². The van der Waals surface area contributed by atoms with Gasteiger partial charge in [-0.05, 0) is 13.3 Å². The van der Waals surface area contributed by atoms with E-state index in [1.165, 1.54) is 0 Å². The predicted octanol–water partition coefficient (Wildman–Crippen LogP) is 1.07. The first-order valence-corrected chi connectivity index (χ1v) is 6.08. The maximum atomic E-state index is 5.77. The van der Waals surface area contributed by atoms with E-state index in [9.17, 15) is 0 Å². The molecule has 0 radical (unpaired) electrons. The maximum absolute atomic E-state index is 5.77. The molecule has 1 aromatic rings. The van der Waals surface area contributed by atoms with Gasteiger partial charge in [0.1, 0.15) is 18.2 Å². The Morgan fingerprint density at radius 1 is 1.39 bits per heavy atom. The van der Waals surface area contributed by atoms with Crippen LogP contribution in [0, 0.1) is 0 Å². The minimum Gasteiger partial charge on any atom is -0.385 e. The van der Waals surface area contributed by atoms with Crippen molar-refractivity contribution >= 4 is 11.6 Å². The van der Waals surface area contributed by atoms with Crippen molar-refractivity contribution < 1.29 is 9.47 Å². The summed E-state index contributed by atoms with van der Waals surface area (Å²) in [5.41, 5.74) is 5.77. The van der Waals surface area contributed by atoms with E-state index < -0.39 is 0 Å². The first-order chi connectivity index (χ1) is 8.67. The second kappa shape index (κ2) is 7.84. The van der Waals surface area contributed by atoms with Crippen LogP contribution in [-0.4, -0.2) is 43.9 Å². The minimum absolute atomic E-state index is 0.389. The molecule has 0 saturated carbocycles. The van der Waals surface area contributed by atoms with Crippen LogP contribution in [0.5, 0.6) is 0 Å². The van der Waals surface area contributed by atoms with Crippen molar-refractivity contribution in [2.24, 2.45) is 0 Å². The Labute approximate surface area is 108 Å². The number of rotatable bonds is 8. The topological polar surface area (TPSA) is 73.5 Å². The number of hydrogen-bond donors (Lipinski definition) is 1. The Bertz CT molecular complexity index is 360. The van der Waals surface area contributed by atoms with Crippen LogP contribution in [0.3, 0.4) is 0 Å². The van der Waals surface area contributed by atoms with Crippen LogP contribution in [0.15, 0.2) is 6.07 Å². The molecule has 1 aromatic heterocycles. The van der Waals surface area contributed by atoms with E-state index >= 15 is 0 Å². The van der Waals surface area contributed by atoms with Crippen LogP contribution >= 0.6 is 0 Å². The minimum atomic E-state index is 0.389. The Hall–Kier alpha value is -1.40. The van der Waals surface area contributed by atoms with Crippen LogP contribution < -0.4 is 10.6 Å². The number of aromatic nitrogens is 2. The maximum Gasteiger partial charge on any atom is 0.158 e. The number of nitrogen functional groups attached to an aromatic ring is 1. The van der Waals surface area contributed by atoms with Crippen LogP contribution in [0.1, 0.15) is 19.2 Å². The fraction of sp³-hybridized carbons (Fsp3) is 0.667. The van der Waals surface area contributed by atoms with Gasteiger partial charge in [-0.25, -0.2) is 9.97 Å². The molecule has 2 N–H and O–H groups in total. The lowest BCUT2D eigenvalue weighted by molar-refractivity contribution is 0.128. The molecule has 0 saturated heterocycles. The summed E-state index contributed by atoms with van der Waals surface area (Å²) in [4.78, 5) is 10.6. The zero-order chi connectivity index (χ0) is 13.4. The average Bonchev–Trinajstić information content (AvgIpc) is 2.36. The van der Waals surface area contributed by atoms with Gasteiger partial charge in [0.25, 0.3) is 0 Å². The Balaban J connectivity index is 2.65. The summed E-state index contributed by atoms with van der Waals surface area (Å²) in [5.74, 6) is 1.90. The first kappa shape index (κ1) is 14.7.